The highest BCUT2D eigenvalue weighted by molar-refractivity contribution is 5.33. The normalized spacial score (nSPS) is 10.9. The lowest BCUT2D eigenvalue weighted by Crippen LogP contribution is -2.13. The molecule has 5 heteroatoms. The van der Waals surface area contributed by atoms with Crippen molar-refractivity contribution in [2.45, 2.75) is 19.7 Å². The minimum absolute atomic E-state index is 0.283. The largest absolute Gasteiger partial charge is 0.392 e. The maximum absolute atomic E-state index is 13.3. The van der Waals surface area contributed by atoms with Crippen LogP contribution in [0.3, 0.4) is 0 Å². The molecule has 0 bridgehead atoms. The second kappa shape index (κ2) is 7.17. The van der Waals surface area contributed by atoms with Gasteiger partial charge in [-0.3, -0.25) is 0 Å². The first-order valence-electron chi connectivity index (χ1n) is 7.44. The molecule has 1 heterocycles. The van der Waals surface area contributed by atoms with Gasteiger partial charge in [-0.25, -0.2) is 9.07 Å². The van der Waals surface area contributed by atoms with Crippen molar-refractivity contribution in [3.05, 3.63) is 83.4 Å². The third-order valence-corrected chi connectivity index (χ3v) is 3.64. The SMILES string of the molecule is OCc1cc(CNCc2ccc(-n3cccn3)cc2)ccc1F. The van der Waals surface area contributed by atoms with Gasteiger partial charge in [0.15, 0.2) is 0 Å². The highest BCUT2D eigenvalue weighted by Crippen LogP contribution is 2.11. The molecule has 0 saturated carbocycles. The first kappa shape index (κ1) is 15.4. The number of nitrogens with zero attached hydrogens (tertiary/aromatic N) is 2. The van der Waals surface area contributed by atoms with E-state index in [0.717, 1.165) is 16.8 Å². The van der Waals surface area contributed by atoms with Crippen LogP contribution in [0.25, 0.3) is 5.69 Å². The van der Waals surface area contributed by atoms with E-state index < -0.39 is 0 Å². The zero-order chi connectivity index (χ0) is 16.1. The molecule has 3 aromatic rings. The van der Waals surface area contributed by atoms with Crippen LogP contribution in [0, 0.1) is 5.82 Å². The van der Waals surface area contributed by atoms with Crippen molar-refractivity contribution >= 4 is 0 Å². The van der Waals surface area contributed by atoms with E-state index in [9.17, 15) is 4.39 Å². The highest BCUT2D eigenvalue weighted by atomic mass is 19.1. The molecule has 118 valence electrons. The van der Waals surface area contributed by atoms with Crippen LogP contribution < -0.4 is 5.32 Å². The summed E-state index contributed by atoms with van der Waals surface area (Å²) in [7, 11) is 0. The van der Waals surface area contributed by atoms with E-state index in [0.29, 0.717) is 18.7 Å². The number of hydrogen-bond donors (Lipinski definition) is 2. The summed E-state index contributed by atoms with van der Waals surface area (Å²) in [5, 5.41) is 16.6. The number of rotatable bonds is 6. The molecule has 2 N–H and O–H groups in total. The van der Waals surface area contributed by atoms with Crippen LogP contribution in [0.15, 0.2) is 60.9 Å². The molecular formula is C18H18FN3O. The molecule has 0 amide bonds. The smallest absolute Gasteiger partial charge is 0.128 e. The quantitative estimate of drug-likeness (QED) is 0.736. The van der Waals surface area contributed by atoms with Crippen molar-refractivity contribution < 1.29 is 9.50 Å². The Balaban J connectivity index is 1.56. The van der Waals surface area contributed by atoms with Gasteiger partial charge in [-0.05, 0) is 41.5 Å². The molecule has 4 nitrogen and oxygen atoms in total. The number of aliphatic hydroxyl groups excluding tert-OH is 1. The van der Waals surface area contributed by atoms with Gasteiger partial charge in [0.05, 0.1) is 12.3 Å². The molecule has 0 radical (unpaired) electrons. The number of aliphatic hydroxyl groups is 1. The first-order valence-corrected chi connectivity index (χ1v) is 7.44. The first-order chi connectivity index (χ1) is 11.3. The second-order valence-corrected chi connectivity index (χ2v) is 5.30. The molecule has 0 fully saturated rings. The van der Waals surface area contributed by atoms with E-state index in [2.05, 4.69) is 10.4 Å². The van der Waals surface area contributed by atoms with E-state index in [1.807, 2.05) is 41.2 Å². The molecule has 23 heavy (non-hydrogen) atoms. The Kier molecular flexibility index (Phi) is 4.80. The van der Waals surface area contributed by atoms with E-state index >= 15 is 0 Å². The number of nitrogens with one attached hydrogen (secondary N) is 1. The molecule has 2 aromatic carbocycles. The van der Waals surface area contributed by atoms with E-state index in [1.165, 1.54) is 6.07 Å². The Morgan fingerprint density at radius 1 is 1.04 bits per heavy atom. The van der Waals surface area contributed by atoms with Crippen LogP contribution in [-0.2, 0) is 19.7 Å². The van der Waals surface area contributed by atoms with Gasteiger partial charge in [-0.2, -0.15) is 5.10 Å². The minimum Gasteiger partial charge on any atom is -0.392 e. The lowest BCUT2D eigenvalue weighted by molar-refractivity contribution is 0.275. The predicted molar refractivity (Wildman–Crippen MR) is 86.4 cm³/mol. The molecule has 0 aliphatic heterocycles. The predicted octanol–water partition coefficient (Wildman–Crippen LogP) is 2.79. The van der Waals surface area contributed by atoms with Crippen LogP contribution >= 0.6 is 0 Å². The fraction of sp³-hybridized carbons (Fsp3) is 0.167. The number of aromatic nitrogens is 2. The molecular weight excluding hydrogens is 293 g/mol. The van der Waals surface area contributed by atoms with Gasteiger partial charge in [0, 0.05) is 31.0 Å². The highest BCUT2D eigenvalue weighted by Gasteiger charge is 2.03. The van der Waals surface area contributed by atoms with Gasteiger partial charge >= 0.3 is 0 Å². The van der Waals surface area contributed by atoms with Crippen molar-refractivity contribution in [2.75, 3.05) is 0 Å². The second-order valence-electron chi connectivity index (χ2n) is 5.30. The third kappa shape index (κ3) is 3.83. The van der Waals surface area contributed by atoms with Crippen molar-refractivity contribution in [3.63, 3.8) is 0 Å². The molecule has 3 rings (SSSR count). The maximum atomic E-state index is 13.3. The lowest BCUT2D eigenvalue weighted by atomic mass is 10.1. The molecule has 0 atom stereocenters. The number of halogens is 1. The van der Waals surface area contributed by atoms with Gasteiger partial charge in [-0.1, -0.05) is 18.2 Å². The summed E-state index contributed by atoms with van der Waals surface area (Å²) in [6.07, 6.45) is 3.65. The lowest BCUT2D eigenvalue weighted by Gasteiger charge is -2.08. The van der Waals surface area contributed by atoms with Gasteiger partial charge in [0.1, 0.15) is 5.82 Å². The summed E-state index contributed by atoms with van der Waals surface area (Å²) in [5.41, 5.74) is 3.45. The van der Waals surface area contributed by atoms with Crippen LogP contribution in [0.2, 0.25) is 0 Å². The summed E-state index contributed by atoms with van der Waals surface area (Å²) >= 11 is 0. The minimum atomic E-state index is -0.370. The fourth-order valence-corrected chi connectivity index (χ4v) is 2.40. The molecule has 0 aliphatic carbocycles. The summed E-state index contributed by atoms with van der Waals surface area (Å²) in [6.45, 7) is 1.05. The zero-order valence-electron chi connectivity index (χ0n) is 12.6. The van der Waals surface area contributed by atoms with Gasteiger partial charge in [0.2, 0.25) is 0 Å². The third-order valence-electron chi connectivity index (χ3n) is 3.64. The van der Waals surface area contributed by atoms with Crippen molar-refractivity contribution in [1.82, 2.24) is 15.1 Å². The Bertz CT molecular complexity index is 754. The topological polar surface area (TPSA) is 50.1 Å². The van der Waals surface area contributed by atoms with Crippen LogP contribution in [0.4, 0.5) is 4.39 Å². The Morgan fingerprint density at radius 2 is 1.78 bits per heavy atom. The maximum Gasteiger partial charge on any atom is 0.128 e. The van der Waals surface area contributed by atoms with Crippen LogP contribution in [0.1, 0.15) is 16.7 Å². The average Bonchev–Trinajstić information content (AvgIpc) is 3.11. The zero-order valence-corrected chi connectivity index (χ0v) is 12.6. The van der Waals surface area contributed by atoms with Gasteiger partial charge in [-0.15, -0.1) is 0 Å². The molecule has 0 saturated heterocycles. The molecule has 0 unspecified atom stereocenters. The summed E-state index contributed by atoms with van der Waals surface area (Å²) < 4.78 is 15.1. The van der Waals surface area contributed by atoms with Gasteiger partial charge in [0.25, 0.3) is 0 Å². The Hall–Kier alpha value is -2.50. The Labute approximate surface area is 134 Å². The van der Waals surface area contributed by atoms with Crippen LogP contribution in [-0.4, -0.2) is 14.9 Å². The number of benzene rings is 2. The van der Waals surface area contributed by atoms with Crippen molar-refractivity contribution in [2.24, 2.45) is 0 Å². The average molecular weight is 311 g/mol. The monoisotopic (exact) mass is 311 g/mol. The summed E-state index contributed by atoms with van der Waals surface area (Å²) in [4.78, 5) is 0. The standard InChI is InChI=1S/C18H18FN3O/c19-18-7-4-15(10-16(18)13-23)12-20-11-14-2-5-17(6-3-14)22-9-1-8-21-22/h1-10,20,23H,11-13H2. The van der Waals surface area contributed by atoms with Crippen LogP contribution in [0.5, 0.6) is 0 Å². The molecule has 1 aromatic heterocycles. The van der Waals surface area contributed by atoms with E-state index in [-0.39, 0.29) is 12.4 Å². The summed E-state index contributed by atoms with van der Waals surface area (Å²) in [6, 6.07) is 14.8. The van der Waals surface area contributed by atoms with Crippen molar-refractivity contribution in [1.29, 1.82) is 0 Å². The van der Waals surface area contributed by atoms with E-state index in [1.54, 1.807) is 18.3 Å². The molecule has 0 aliphatic rings. The van der Waals surface area contributed by atoms with E-state index in [4.69, 9.17) is 5.11 Å². The fourth-order valence-electron chi connectivity index (χ4n) is 2.40. The Morgan fingerprint density at radius 3 is 2.48 bits per heavy atom. The van der Waals surface area contributed by atoms with Crippen molar-refractivity contribution in [3.8, 4) is 5.69 Å². The number of hydrogen-bond acceptors (Lipinski definition) is 3. The molecule has 0 spiro atoms. The summed E-state index contributed by atoms with van der Waals surface area (Å²) in [5.74, 6) is -0.370. The van der Waals surface area contributed by atoms with Gasteiger partial charge < -0.3 is 10.4 Å².